The minimum Gasteiger partial charge on any atom is -0.325 e. The first-order valence-electron chi connectivity index (χ1n) is 11.4. The van der Waals surface area contributed by atoms with Gasteiger partial charge >= 0.3 is 0 Å². The predicted octanol–water partition coefficient (Wildman–Crippen LogP) is 5.78. The summed E-state index contributed by atoms with van der Waals surface area (Å²) in [5, 5.41) is 3.24. The third-order valence-corrected chi connectivity index (χ3v) is 7.90. The minimum absolute atomic E-state index is 0.0541. The lowest BCUT2D eigenvalue weighted by Crippen LogP contribution is -2.38. The molecule has 0 saturated heterocycles. The van der Waals surface area contributed by atoms with E-state index in [0.717, 1.165) is 33.0 Å². The summed E-state index contributed by atoms with van der Waals surface area (Å²) in [5.41, 5.74) is 5.17. The second-order valence-corrected chi connectivity index (χ2v) is 10.8. The second-order valence-electron chi connectivity index (χ2n) is 8.51. The monoisotopic (exact) mass is 519 g/mol. The van der Waals surface area contributed by atoms with Crippen molar-refractivity contribution in [2.24, 2.45) is 0 Å². The van der Waals surface area contributed by atoms with E-state index in [4.69, 9.17) is 11.6 Å². The zero-order chi connectivity index (χ0) is 25.7. The maximum absolute atomic E-state index is 13.5. The first kappa shape index (κ1) is 25.4. The van der Waals surface area contributed by atoms with Crippen LogP contribution in [0.1, 0.15) is 22.3 Å². The molecule has 0 saturated carbocycles. The molecule has 1 aromatic heterocycles. The number of sulfonamides is 1. The molecule has 0 aliphatic carbocycles. The van der Waals surface area contributed by atoms with Crippen LogP contribution in [-0.2, 0) is 21.2 Å². The quantitative estimate of drug-likeness (QED) is 0.320. The smallest absolute Gasteiger partial charge is 0.264 e. The Kier molecular flexibility index (Phi) is 7.72. The molecule has 0 spiro atoms. The zero-order valence-corrected chi connectivity index (χ0v) is 21.6. The van der Waals surface area contributed by atoms with Crippen molar-refractivity contribution < 1.29 is 13.2 Å². The van der Waals surface area contributed by atoms with Crippen LogP contribution in [0.15, 0.2) is 96.2 Å². The number of rotatable bonds is 8. The van der Waals surface area contributed by atoms with Crippen molar-refractivity contribution in [1.29, 1.82) is 0 Å². The molecule has 0 unspecified atom stereocenters. The van der Waals surface area contributed by atoms with Crippen molar-refractivity contribution in [1.82, 2.24) is 4.98 Å². The second kappa shape index (κ2) is 10.9. The van der Waals surface area contributed by atoms with Gasteiger partial charge in [0.05, 0.1) is 10.6 Å². The highest BCUT2D eigenvalue weighted by Crippen LogP contribution is 2.27. The van der Waals surface area contributed by atoms with E-state index >= 15 is 0 Å². The van der Waals surface area contributed by atoms with Gasteiger partial charge < -0.3 is 5.32 Å². The Labute approximate surface area is 216 Å². The maximum Gasteiger partial charge on any atom is 0.264 e. The van der Waals surface area contributed by atoms with Crippen LogP contribution >= 0.6 is 11.6 Å². The van der Waals surface area contributed by atoms with E-state index in [1.165, 1.54) is 24.3 Å². The molecule has 0 aliphatic rings. The largest absolute Gasteiger partial charge is 0.325 e. The lowest BCUT2D eigenvalue weighted by Gasteiger charge is -2.25. The van der Waals surface area contributed by atoms with E-state index in [2.05, 4.69) is 10.3 Å². The number of hydrogen-bond donors (Lipinski definition) is 1. The molecule has 4 aromatic rings. The zero-order valence-electron chi connectivity index (χ0n) is 20.0. The molecular formula is C28H26ClN3O3S. The van der Waals surface area contributed by atoms with Crippen molar-refractivity contribution in [3.05, 3.63) is 119 Å². The Morgan fingerprint density at radius 2 is 1.50 bits per heavy atom. The van der Waals surface area contributed by atoms with E-state index in [0.29, 0.717) is 16.4 Å². The van der Waals surface area contributed by atoms with Gasteiger partial charge in [-0.1, -0.05) is 29.8 Å². The Bertz CT molecular complexity index is 1460. The molecule has 0 bridgehead atoms. The van der Waals surface area contributed by atoms with Crippen LogP contribution < -0.4 is 9.62 Å². The number of carbonyl (C=O) groups is 1. The lowest BCUT2D eigenvalue weighted by atomic mass is 10.1. The molecule has 4 rings (SSSR count). The van der Waals surface area contributed by atoms with Gasteiger partial charge in [-0.05, 0) is 103 Å². The number of aryl methyl sites for hydroxylation is 2. The molecule has 0 aliphatic heterocycles. The standard InChI is InChI=1S/C28H26ClN3O3S/c1-20-3-10-26(17-21(20)2)32(36(34,35)27-11-6-24(29)7-12-27)19-28(33)31-25-8-4-22(5-9-25)18-23-13-15-30-16-14-23/h3-17H,18-19H2,1-2H3,(H,31,33). The number of halogens is 1. The highest BCUT2D eigenvalue weighted by Gasteiger charge is 2.27. The van der Waals surface area contributed by atoms with Gasteiger partial charge in [0.15, 0.2) is 0 Å². The summed E-state index contributed by atoms with van der Waals surface area (Å²) >= 11 is 5.95. The SMILES string of the molecule is Cc1ccc(N(CC(=O)Nc2ccc(Cc3ccncc3)cc2)S(=O)(=O)c2ccc(Cl)cc2)cc1C. The average Bonchev–Trinajstić information content (AvgIpc) is 2.86. The normalized spacial score (nSPS) is 11.2. The molecular weight excluding hydrogens is 494 g/mol. The van der Waals surface area contributed by atoms with Crippen molar-refractivity contribution in [2.45, 2.75) is 25.2 Å². The predicted molar refractivity (Wildman–Crippen MR) is 144 cm³/mol. The number of nitrogens with zero attached hydrogens (tertiary/aromatic N) is 2. The number of hydrogen-bond acceptors (Lipinski definition) is 4. The molecule has 184 valence electrons. The van der Waals surface area contributed by atoms with E-state index in [1.807, 2.05) is 56.3 Å². The first-order valence-corrected chi connectivity index (χ1v) is 13.2. The molecule has 36 heavy (non-hydrogen) atoms. The van der Waals surface area contributed by atoms with Crippen molar-refractivity contribution in [3.63, 3.8) is 0 Å². The van der Waals surface area contributed by atoms with Gasteiger partial charge in [0.25, 0.3) is 10.0 Å². The summed E-state index contributed by atoms with van der Waals surface area (Å²) in [5.74, 6) is -0.451. The van der Waals surface area contributed by atoms with Gasteiger partial charge in [-0.2, -0.15) is 0 Å². The van der Waals surface area contributed by atoms with Crippen LogP contribution in [0.4, 0.5) is 11.4 Å². The number of pyridine rings is 1. The topological polar surface area (TPSA) is 79.4 Å². The fourth-order valence-corrected chi connectivity index (χ4v) is 5.24. The number of amides is 1. The number of nitrogens with one attached hydrogen (secondary N) is 1. The Morgan fingerprint density at radius 3 is 2.14 bits per heavy atom. The lowest BCUT2D eigenvalue weighted by molar-refractivity contribution is -0.114. The van der Waals surface area contributed by atoms with Crippen molar-refractivity contribution >= 4 is 38.9 Å². The van der Waals surface area contributed by atoms with E-state index in [1.54, 1.807) is 24.5 Å². The van der Waals surface area contributed by atoms with Crippen LogP contribution in [0.2, 0.25) is 5.02 Å². The summed E-state index contributed by atoms with van der Waals surface area (Å²) in [7, 11) is -4.02. The van der Waals surface area contributed by atoms with Gasteiger partial charge in [0.2, 0.25) is 5.91 Å². The molecule has 1 N–H and O–H groups in total. The molecule has 0 atom stereocenters. The Hall–Kier alpha value is -3.68. The fraction of sp³-hybridized carbons (Fsp3) is 0.143. The number of anilines is 2. The van der Waals surface area contributed by atoms with Gasteiger partial charge in [0, 0.05) is 23.1 Å². The van der Waals surface area contributed by atoms with Crippen LogP contribution in [0, 0.1) is 13.8 Å². The molecule has 0 fully saturated rings. The van der Waals surface area contributed by atoms with E-state index < -0.39 is 15.9 Å². The molecule has 1 amide bonds. The number of carbonyl (C=O) groups excluding carboxylic acids is 1. The fourth-order valence-electron chi connectivity index (χ4n) is 3.70. The summed E-state index contributed by atoms with van der Waals surface area (Å²) in [4.78, 5) is 17.1. The van der Waals surface area contributed by atoms with Gasteiger partial charge in [-0.15, -0.1) is 0 Å². The number of aromatic nitrogens is 1. The van der Waals surface area contributed by atoms with Gasteiger partial charge in [-0.25, -0.2) is 8.42 Å². The highest BCUT2D eigenvalue weighted by molar-refractivity contribution is 7.92. The summed E-state index contributed by atoms with van der Waals surface area (Å²) < 4.78 is 28.2. The molecule has 1 heterocycles. The Morgan fingerprint density at radius 1 is 0.861 bits per heavy atom. The van der Waals surface area contributed by atoms with Crippen molar-refractivity contribution in [2.75, 3.05) is 16.2 Å². The minimum atomic E-state index is -4.02. The van der Waals surface area contributed by atoms with Crippen LogP contribution in [0.3, 0.4) is 0 Å². The van der Waals surface area contributed by atoms with E-state index in [-0.39, 0.29) is 11.4 Å². The molecule has 8 heteroatoms. The van der Waals surface area contributed by atoms with Crippen LogP contribution in [0.5, 0.6) is 0 Å². The molecule has 3 aromatic carbocycles. The summed E-state index contributed by atoms with van der Waals surface area (Å²) in [6.45, 7) is 3.47. The number of benzene rings is 3. The van der Waals surface area contributed by atoms with Crippen LogP contribution in [-0.4, -0.2) is 25.9 Å². The summed E-state index contributed by atoms with van der Waals surface area (Å²) in [6, 6.07) is 22.6. The van der Waals surface area contributed by atoms with Crippen LogP contribution in [0.25, 0.3) is 0 Å². The highest BCUT2D eigenvalue weighted by atomic mass is 35.5. The third kappa shape index (κ3) is 6.11. The summed E-state index contributed by atoms with van der Waals surface area (Å²) in [6.07, 6.45) is 4.25. The maximum atomic E-state index is 13.5. The van der Waals surface area contributed by atoms with Crippen molar-refractivity contribution in [3.8, 4) is 0 Å². The van der Waals surface area contributed by atoms with E-state index in [9.17, 15) is 13.2 Å². The van der Waals surface area contributed by atoms with Gasteiger partial charge in [-0.3, -0.25) is 14.1 Å². The molecule has 0 radical (unpaired) electrons. The third-order valence-electron chi connectivity index (χ3n) is 5.86. The molecule has 6 nitrogen and oxygen atoms in total. The van der Waals surface area contributed by atoms with Gasteiger partial charge in [0.1, 0.15) is 6.54 Å². The average molecular weight is 520 g/mol. The Balaban J connectivity index is 1.55. The first-order chi connectivity index (χ1) is 17.2.